The van der Waals surface area contributed by atoms with Crippen molar-refractivity contribution < 1.29 is 23.0 Å². The Balaban J connectivity index is 3.01. The molecule has 0 aliphatic heterocycles. The molecule has 0 aliphatic rings. The van der Waals surface area contributed by atoms with E-state index in [1.165, 1.54) is 19.1 Å². The Morgan fingerprint density at radius 1 is 1.21 bits per heavy atom. The molecule has 0 amide bonds. The van der Waals surface area contributed by atoms with Gasteiger partial charge in [-0.05, 0) is 45.4 Å². The summed E-state index contributed by atoms with van der Waals surface area (Å²) in [6.45, 7) is 8.37. The highest BCUT2D eigenvalue weighted by Gasteiger charge is 2.40. The fourth-order valence-electron chi connectivity index (χ4n) is 1.44. The minimum atomic E-state index is -4.42. The van der Waals surface area contributed by atoms with Gasteiger partial charge in [-0.3, -0.25) is 0 Å². The molecule has 0 fully saturated rings. The fourth-order valence-corrected chi connectivity index (χ4v) is 1.44. The molecule has 0 bridgehead atoms. The Morgan fingerprint density at radius 2 is 1.79 bits per heavy atom. The molecule has 1 unspecified atom stereocenters. The number of alkyl halides is 3. The van der Waals surface area contributed by atoms with Crippen LogP contribution in [0.15, 0.2) is 24.3 Å². The Hall–Kier alpha value is -1.23. The molecule has 1 atom stereocenters. The van der Waals surface area contributed by atoms with Crippen molar-refractivity contribution in [3.63, 3.8) is 0 Å². The highest BCUT2D eigenvalue weighted by Crippen LogP contribution is 2.34. The van der Waals surface area contributed by atoms with E-state index >= 15 is 0 Å². The molecule has 0 saturated carbocycles. The van der Waals surface area contributed by atoms with Crippen LogP contribution in [0.3, 0.4) is 0 Å². The highest BCUT2D eigenvalue weighted by atomic mass is 19.4. The van der Waals surface area contributed by atoms with E-state index in [1.54, 1.807) is 13.8 Å². The molecule has 0 heterocycles. The summed E-state index contributed by atoms with van der Waals surface area (Å²) in [5, 5.41) is 10.1. The normalized spacial score (nSPS) is 16.0. The van der Waals surface area contributed by atoms with Crippen LogP contribution in [0.4, 0.5) is 13.2 Å². The van der Waals surface area contributed by atoms with Crippen molar-refractivity contribution >= 4 is 0 Å². The van der Waals surface area contributed by atoms with Gasteiger partial charge in [-0.15, -0.1) is 0 Å². The Kier molecular flexibility index (Phi) is 4.20. The van der Waals surface area contributed by atoms with Gasteiger partial charge in [0.2, 0.25) is 0 Å². The van der Waals surface area contributed by atoms with Crippen LogP contribution >= 0.6 is 0 Å². The smallest absolute Gasteiger partial charge is 0.416 e. The van der Waals surface area contributed by atoms with Gasteiger partial charge in [-0.25, -0.2) is 0 Å². The van der Waals surface area contributed by atoms with E-state index in [0.717, 1.165) is 12.1 Å². The van der Waals surface area contributed by atoms with Crippen LogP contribution in [0.25, 0.3) is 0 Å². The topological polar surface area (TPSA) is 29.5 Å². The van der Waals surface area contributed by atoms with Crippen LogP contribution in [0.2, 0.25) is 0 Å². The van der Waals surface area contributed by atoms with Crippen LogP contribution in [-0.4, -0.2) is 16.3 Å². The molecule has 107 valence electrons. The SMILES string of the molecule is [CH2]CC(C)(O)C(C)(C)Oc1cccc(C(F)(F)F)c1. The van der Waals surface area contributed by atoms with Gasteiger partial charge >= 0.3 is 6.18 Å². The first-order valence-corrected chi connectivity index (χ1v) is 5.87. The highest BCUT2D eigenvalue weighted by molar-refractivity contribution is 5.31. The summed E-state index contributed by atoms with van der Waals surface area (Å²) in [4.78, 5) is 0. The van der Waals surface area contributed by atoms with E-state index in [0.29, 0.717) is 0 Å². The summed E-state index contributed by atoms with van der Waals surface area (Å²) in [7, 11) is 0. The monoisotopic (exact) mass is 275 g/mol. The second-order valence-electron chi connectivity index (χ2n) is 5.16. The van der Waals surface area contributed by atoms with E-state index in [-0.39, 0.29) is 12.2 Å². The lowest BCUT2D eigenvalue weighted by molar-refractivity contribution is -0.138. The second kappa shape index (κ2) is 5.04. The van der Waals surface area contributed by atoms with Crippen molar-refractivity contribution in [2.45, 2.75) is 44.6 Å². The molecule has 1 radical (unpaired) electrons. The zero-order valence-electron chi connectivity index (χ0n) is 11.2. The third-order valence-electron chi connectivity index (χ3n) is 3.32. The first kappa shape index (κ1) is 15.8. The molecule has 0 spiro atoms. The molecule has 1 aromatic rings. The lowest BCUT2D eigenvalue weighted by Crippen LogP contribution is -2.51. The molecule has 5 heteroatoms. The molecule has 19 heavy (non-hydrogen) atoms. The summed E-state index contributed by atoms with van der Waals surface area (Å²) in [6, 6.07) is 4.59. The van der Waals surface area contributed by atoms with Crippen molar-refractivity contribution in [2.75, 3.05) is 0 Å². The van der Waals surface area contributed by atoms with Gasteiger partial charge in [0.05, 0.1) is 5.56 Å². The molecule has 1 N–H and O–H groups in total. The number of halogens is 3. The van der Waals surface area contributed by atoms with Crippen molar-refractivity contribution in [1.29, 1.82) is 0 Å². The van der Waals surface area contributed by atoms with Crippen LogP contribution in [0.5, 0.6) is 5.75 Å². The predicted molar refractivity (Wildman–Crippen MR) is 66.7 cm³/mol. The van der Waals surface area contributed by atoms with Crippen LogP contribution < -0.4 is 4.74 Å². The zero-order chi connectivity index (χ0) is 14.9. The van der Waals surface area contributed by atoms with Gasteiger partial charge in [0, 0.05) is 0 Å². The molecule has 0 aromatic heterocycles. The lowest BCUT2D eigenvalue weighted by atomic mass is 9.85. The van der Waals surface area contributed by atoms with Gasteiger partial charge in [-0.2, -0.15) is 13.2 Å². The van der Waals surface area contributed by atoms with Crippen molar-refractivity contribution in [3.05, 3.63) is 36.8 Å². The maximum absolute atomic E-state index is 12.6. The molecule has 2 nitrogen and oxygen atoms in total. The van der Waals surface area contributed by atoms with Gasteiger partial charge in [-0.1, -0.05) is 13.0 Å². The number of ether oxygens (including phenoxy) is 1. The summed E-state index contributed by atoms with van der Waals surface area (Å²) in [5.74, 6) is 0.0635. The third kappa shape index (κ3) is 3.62. The average Bonchev–Trinajstić information content (AvgIpc) is 2.27. The van der Waals surface area contributed by atoms with Crippen molar-refractivity contribution in [1.82, 2.24) is 0 Å². The van der Waals surface area contributed by atoms with Gasteiger partial charge in [0.15, 0.2) is 0 Å². The van der Waals surface area contributed by atoms with Crippen LogP contribution in [0, 0.1) is 6.92 Å². The molecule has 0 saturated heterocycles. The molecule has 1 rings (SSSR count). The number of aliphatic hydroxyl groups is 1. The number of rotatable bonds is 4. The summed E-state index contributed by atoms with van der Waals surface area (Å²) in [6.07, 6.45) is -4.24. The average molecular weight is 275 g/mol. The first-order valence-electron chi connectivity index (χ1n) is 5.87. The number of hydrogen-bond acceptors (Lipinski definition) is 2. The van der Waals surface area contributed by atoms with E-state index in [1.807, 2.05) is 0 Å². The quantitative estimate of drug-likeness (QED) is 0.904. The molecule has 1 aromatic carbocycles. The minimum Gasteiger partial charge on any atom is -0.485 e. The maximum Gasteiger partial charge on any atom is 0.416 e. The van der Waals surface area contributed by atoms with E-state index in [9.17, 15) is 18.3 Å². The maximum atomic E-state index is 12.6. The van der Waals surface area contributed by atoms with Crippen LogP contribution in [0.1, 0.15) is 32.8 Å². The van der Waals surface area contributed by atoms with Crippen LogP contribution in [-0.2, 0) is 6.18 Å². The largest absolute Gasteiger partial charge is 0.485 e. The van der Waals surface area contributed by atoms with Gasteiger partial charge < -0.3 is 9.84 Å². The Labute approximate surface area is 111 Å². The van der Waals surface area contributed by atoms with Crippen molar-refractivity contribution in [2.24, 2.45) is 0 Å². The number of hydrogen-bond donors (Lipinski definition) is 1. The fraction of sp³-hybridized carbons (Fsp3) is 0.500. The summed E-state index contributed by atoms with van der Waals surface area (Å²) in [5.41, 5.74) is -3.09. The first-order chi connectivity index (χ1) is 8.49. The van der Waals surface area contributed by atoms with E-state index in [4.69, 9.17) is 4.74 Å². The standard InChI is InChI=1S/C14H18F3O2/c1-5-13(4,18)12(2,3)19-11-8-6-7-10(9-11)14(15,16)17/h6-9,18H,1,5H2,2-4H3. The number of benzene rings is 1. The summed E-state index contributed by atoms with van der Waals surface area (Å²) >= 11 is 0. The summed E-state index contributed by atoms with van der Waals surface area (Å²) < 4.78 is 43.3. The molecular weight excluding hydrogens is 257 g/mol. The van der Waals surface area contributed by atoms with E-state index in [2.05, 4.69) is 6.92 Å². The Morgan fingerprint density at radius 3 is 2.26 bits per heavy atom. The third-order valence-corrected chi connectivity index (χ3v) is 3.32. The molecule has 0 aliphatic carbocycles. The van der Waals surface area contributed by atoms with Gasteiger partial charge in [0.25, 0.3) is 0 Å². The lowest BCUT2D eigenvalue weighted by Gasteiger charge is -2.39. The minimum absolute atomic E-state index is 0.0635. The molecular formula is C14H18F3O2. The predicted octanol–water partition coefficient (Wildman–Crippen LogP) is 3.84. The second-order valence-corrected chi connectivity index (χ2v) is 5.16. The van der Waals surface area contributed by atoms with Crippen molar-refractivity contribution in [3.8, 4) is 5.75 Å². The van der Waals surface area contributed by atoms with Gasteiger partial charge in [0.1, 0.15) is 17.0 Å². The zero-order valence-corrected chi connectivity index (χ0v) is 11.2. The van der Waals surface area contributed by atoms with E-state index < -0.39 is 22.9 Å². The Bertz CT molecular complexity index is 437.